The maximum Gasteiger partial charge on any atom is 0.337 e. The number of anilines is 1. The lowest BCUT2D eigenvalue weighted by molar-refractivity contribution is -0.113. The summed E-state index contributed by atoms with van der Waals surface area (Å²) in [4.78, 5) is 23.7. The Morgan fingerprint density at radius 1 is 1.26 bits per heavy atom. The van der Waals surface area contributed by atoms with E-state index >= 15 is 0 Å². The molecule has 3 atom stereocenters. The van der Waals surface area contributed by atoms with E-state index in [1.165, 1.54) is 38.1 Å². The number of ether oxygens (including phenoxy) is 1. The van der Waals surface area contributed by atoms with Crippen molar-refractivity contribution in [3.05, 3.63) is 29.8 Å². The minimum Gasteiger partial charge on any atom is -0.465 e. The second-order valence-corrected chi connectivity index (χ2v) is 8.00. The summed E-state index contributed by atoms with van der Waals surface area (Å²) in [7, 11) is 1.33. The summed E-state index contributed by atoms with van der Waals surface area (Å²) in [6.07, 6.45) is 4.99. The lowest BCUT2D eigenvalue weighted by Crippen LogP contribution is -2.19. The number of hydrogen-bond donors (Lipinski definition) is 1. The zero-order valence-corrected chi connectivity index (χ0v) is 15.8. The number of aromatic nitrogens is 4. The second-order valence-electron chi connectivity index (χ2n) is 7.05. The highest BCUT2D eigenvalue weighted by Gasteiger charge is 2.42. The van der Waals surface area contributed by atoms with Crippen molar-refractivity contribution in [2.45, 2.75) is 36.9 Å². The van der Waals surface area contributed by atoms with E-state index in [9.17, 15) is 9.59 Å². The van der Waals surface area contributed by atoms with Gasteiger partial charge in [-0.3, -0.25) is 4.79 Å². The van der Waals surface area contributed by atoms with Crippen molar-refractivity contribution in [3.63, 3.8) is 0 Å². The lowest BCUT2D eigenvalue weighted by atomic mass is 9.96. The Morgan fingerprint density at radius 3 is 2.74 bits per heavy atom. The molecule has 0 saturated heterocycles. The molecule has 1 heterocycles. The number of fused-ring (bicyclic) bond motifs is 2. The Bertz CT molecular complexity index is 838. The Kier molecular flexibility index (Phi) is 5.11. The summed E-state index contributed by atoms with van der Waals surface area (Å²) in [5.74, 6) is 1.14. The highest BCUT2D eigenvalue weighted by atomic mass is 32.2. The standard InChI is InChI=1S/C18H21N5O3S/c1-26-17(25)12-4-6-14(7-5-12)19-16(24)10-27-18-20-21-22-23(18)15-9-11-2-3-13(15)8-11/h4-7,11,13,15H,2-3,8-10H2,1H3,(H,19,24)/t11-,13-,15-/m1/s1. The number of esters is 1. The number of benzene rings is 1. The van der Waals surface area contributed by atoms with Gasteiger partial charge in [-0.1, -0.05) is 18.2 Å². The molecule has 2 aromatic rings. The van der Waals surface area contributed by atoms with Gasteiger partial charge in [0.1, 0.15) is 0 Å². The van der Waals surface area contributed by atoms with Gasteiger partial charge in [-0.05, 0) is 65.8 Å². The fraction of sp³-hybridized carbons (Fsp3) is 0.500. The van der Waals surface area contributed by atoms with E-state index in [0.717, 1.165) is 12.3 Å². The molecule has 1 aromatic carbocycles. The number of carbonyl (C=O) groups is 2. The van der Waals surface area contributed by atoms with Crippen LogP contribution in [-0.2, 0) is 9.53 Å². The minimum atomic E-state index is -0.407. The maximum atomic E-state index is 12.2. The van der Waals surface area contributed by atoms with Crippen molar-refractivity contribution >= 4 is 29.3 Å². The van der Waals surface area contributed by atoms with E-state index in [2.05, 4.69) is 25.6 Å². The normalized spacial score (nSPS) is 23.4. The average Bonchev–Trinajstić information content (AvgIpc) is 3.42. The van der Waals surface area contributed by atoms with Crippen LogP contribution in [0.1, 0.15) is 42.1 Å². The number of amides is 1. The predicted octanol–water partition coefficient (Wildman–Crippen LogP) is 2.55. The summed E-state index contributed by atoms with van der Waals surface area (Å²) in [5, 5.41) is 15.6. The second kappa shape index (κ2) is 7.67. The van der Waals surface area contributed by atoms with E-state index in [4.69, 9.17) is 0 Å². The summed E-state index contributed by atoms with van der Waals surface area (Å²) in [6.45, 7) is 0. The van der Waals surface area contributed by atoms with Gasteiger partial charge in [0.05, 0.1) is 24.5 Å². The molecule has 2 aliphatic rings. The van der Waals surface area contributed by atoms with Crippen molar-refractivity contribution in [3.8, 4) is 0 Å². The first-order valence-electron chi connectivity index (χ1n) is 9.03. The Hall–Kier alpha value is -2.42. The molecule has 0 unspecified atom stereocenters. The first-order valence-corrected chi connectivity index (χ1v) is 10.0. The number of rotatable bonds is 6. The number of thioether (sulfide) groups is 1. The largest absolute Gasteiger partial charge is 0.465 e. The van der Waals surface area contributed by atoms with Gasteiger partial charge >= 0.3 is 5.97 Å². The molecule has 0 aliphatic heterocycles. The average molecular weight is 387 g/mol. The van der Waals surface area contributed by atoms with Crippen molar-refractivity contribution in [2.75, 3.05) is 18.2 Å². The predicted molar refractivity (Wildman–Crippen MR) is 99.4 cm³/mol. The third-order valence-electron chi connectivity index (χ3n) is 5.40. The van der Waals surface area contributed by atoms with Crippen LogP contribution < -0.4 is 5.32 Å². The van der Waals surface area contributed by atoms with Crippen LogP contribution in [0.3, 0.4) is 0 Å². The molecule has 2 saturated carbocycles. The Labute approximate surface area is 161 Å². The zero-order chi connectivity index (χ0) is 18.8. The zero-order valence-electron chi connectivity index (χ0n) is 15.0. The number of hydrogen-bond acceptors (Lipinski definition) is 7. The SMILES string of the molecule is COC(=O)c1ccc(NC(=O)CSc2nnnn2[C@@H]2C[C@@H]3CC[C@@H]2C3)cc1. The smallest absolute Gasteiger partial charge is 0.337 e. The molecule has 1 N–H and O–H groups in total. The molecule has 142 valence electrons. The van der Waals surface area contributed by atoms with E-state index < -0.39 is 5.97 Å². The molecule has 4 rings (SSSR count). The number of nitrogens with one attached hydrogen (secondary N) is 1. The van der Waals surface area contributed by atoms with Crippen molar-refractivity contribution in [2.24, 2.45) is 11.8 Å². The van der Waals surface area contributed by atoms with E-state index in [0.29, 0.717) is 28.4 Å². The molecule has 27 heavy (non-hydrogen) atoms. The van der Waals surface area contributed by atoms with E-state index in [1.807, 2.05) is 4.68 Å². The number of nitrogens with zero attached hydrogens (tertiary/aromatic N) is 4. The summed E-state index contributed by atoms with van der Waals surface area (Å²) in [6, 6.07) is 6.95. The first-order chi connectivity index (χ1) is 13.1. The van der Waals surface area contributed by atoms with Gasteiger partial charge in [-0.2, -0.15) is 0 Å². The van der Waals surface area contributed by atoms with Gasteiger partial charge in [0.25, 0.3) is 0 Å². The molecule has 0 radical (unpaired) electrons. The fourth-order valence-corrected chi connectivity index (χ4v) is 4.86. The summed E-state index contributed by atoms with van der Waals surface area (Å²) < 4.78 is 6.57. The minimum absolute atomic E-state index is 0.145. The van der Waals surface area contributed by atoms with Gasteiger partial charge in [-0.25, -0.2) is 9.48 Å². The molecule has 2 aliphatic carbocycles. The van der Waals surface area contributed by atoms with Crippen LogP contribution in [0.4, 0.5) is 5.69 Å². The van der Waals surface area contributed by atoms with Crippen LogP contribution >= 0.6 is 11.8 Å². The van der Waals surface area contributed by atoms with Gasteiger partial charge < -0.3 is 10.1 Å². The van der Waals surface area contributed by atoms with Gasteiger partial charge in [0, 0.05) is 5.69 Å². The Balaban J connectivity index is 1.32. The van der Waals surface area contributed by atoms with Crippen molar-refractivity contribution in [1.82, 2.24) is 20.2 Å². The van der Waals surface area contributed by atoms with Crippen LogP contribution in [0.2, 0.25) is 0 Å². The Morgan fingerprint density at radius 2 is 2.07 bits per heavy atom. The molecule has 1 amide bonds. The third-order valence-corrected chi connectivity index (χ3v) is 6.33. The van der Waals surface area contributed by atoms with Crippen molar-refractivity contribution < 1.29 is 14.3 Å². The molecule has 8 nitrogen and oxygen atoms in total. The van der Waals surface area contributed by atoms with Crippen molar-refractivity contribution in [1.29, 1.82) is 0 Å². The van der Waals surface area contributed by atoms with E-state index in [1.54, 1.807) is 24.3 Å². The maximum absolute atomic E-state index is 12.2. The van der Waals surface area contributed by atoms with Crippen LogP contribution in [0, 0.1) is 11.8 Å². The first kappa shape index (κ1) is 18.0. The molecular formula is C18H21N5O3S. The van der Waals surface area contributed by atoms with Crippen LogP contribution in [0.15, 0.2) is 29.4 Å². The number of tetrazole rings is 1. The number of methoxy groups -OCH3 is 1. The van der Waals surface area contributed by atoms with E-state index in [-0.39, 0.29) is 11.7 Å². The van der Waals surface area contributed by atoms with Crippen LogP contribution in [-0.4, -0.2) is 44.9 Å². The number of carbonyl (C=O) groups excluding carboxylic acids is 2. The van der Waals surface area contributed by atoms with Crippen LogP contribution in [0.5, 0.6) is 0 Å². The summed E-state index contributed by atoms with van der Waals surface area (Å²) >= 11 is 1.35. The highest BCUT2D eigenvalue weighted by Crippen LogP contribution is 2.50. The van der Waals surface area contributed by atoms with Gasteiger partial charge in [-0.15, -0.1) is 5.10 Å². The topological polar surface area (TPSA) is 99.0 Å². The molecule has 2 fully saturated rings. The monoisotopic (exact) mass is 387 g/mol. The quantitative estimate of drug-likeness (QED) is 0.601. The van der Waals surface area contributed by atoms with Gasteiger partial charge in [0.15, 0.2) is 0 Å². The molecular weight excluding hydrogens is 366 g/mol. The van der Waals surface area contributed by atoms with Crippen LogP contribution in [0.25, 0.3) is 0 Å². The fourth-order valence-electron chi connectivity index (χ4n) is 4.13. The third kappa shape index (κ3) is 3.83. The molecule has 0 spiro atoms. The highest BCUT2D eigenvalue weighted by molar-refractivity contribution is 7.99. The molecule has 1 aromatic heterocycles. The molecule has 2 bridgehead atoms. The van der Waals surface area contributed by atoms with Gasteiger partial charge in [0.2, 0.25) is 11.1 Å². The molecule has 9 heteroatoms. The summed E-state index contributed by atoms with van der Waals surface area (Å²) in [5.41, 5.74) is 1.07. The lowest BCUT2D eigenvalue weighted by Gasteiger charge is -2.22.